The summed E-state index contributed by atoms with van der Waals surface area (Å²) in [7, 11) is 0. The zero-order valence-corrected chi connectivity index (χ0v) is 9.44. The molecular formula is C8H5Br2NO. The first-order chi connectivity index (χ1) is 5.68. The summed E-state index contributed by atoms with van der Waals surface area (Å²) < 4.78 is 7.06. The minimum atomic E-state index is 0.802. The molecule has 2 aromatic rings. The van der Waals surface area contributed by atoms with Crippen LogP contribution in [-0.4, -0.2) is 5.16 Å². The van der Waals surface area contributed by atoms with E-state index in [0.717, 1.165) is 25.6 Å². The quantitative estimate of drug-likeness (QED) is 0.740. The zero-order valence-electron chi connectivity index (χ0n) is 6.27. The van der Waals surface area contributed by atoms with E-state index in [2.05, 4.69) is 37.0 Å². The van der Waals surface area contributed by atoms with Crippen LogP contribution in [0.3, 0.4) is 0 Å². The fraction of sp³-hybridized carbons (Fsp3) is 0.125. The van der Waals surface area contributed by atoms with Crippen LogP contribution >= 0.6 is 31.9 Å². The molecule has 0 N–H and O–H groups in total. The molecule has 0 aliphatic rings. The average Bonchev–Trinajstić information content (AvgIpc) is 2.33. The van der Waals surface area contributed by atoms with Crippen molar-refractivity contribution < 1.29 is 4.52 Å². The van der Waals surface area contributed by atoms with Gasteiger partial charge in [-0.1, -0.05) is 21.1 Å². The fourth-order valence-electron chi connectivity index (χ4n) is 1.09. The Hall–Kier alpha value is -0.350. The third-order valence-corrected chi connectivity index (χ3v) is 2.72. The highest BCUT2D eigenvalue weighted by atomic mass is 79.9. The molecule has 2 nitrogen and oxygen atoms in total. The number of nitrogens with zero attached hydrogens (tertiary/aromatic N) is 1. The molecule has 1 heterocycles. The summed E-state index contributed by atoms with van der Waals surface area (Å²) in [5.41, 5.74) is 1.71. The van der Waals surface area contributed by atoms with Crippen molar-refractivity contribution >= 4 is 42.8 Å². The molecule has 1 aromatic carbocycles. The summed E-state index contributed by atoms with van der Waals surface area (Å²) in [5.74, 6) is 0. The van der Waals surface area contributed by atoms with Crippen LogP contribution in [-0.2, 0) is 0 Å². The van der Waals surface area contributed by atoms with Gasteiger partial charge in [0.15, 0.2) is 5.58 Å². The molecule has 0 aliphatic heterocycles. The van der Waals surface area contributed by atoms with E-state index in [4.69, 9.17) is 4.52 Å². The summed E-state index contributed by atoms with van der Waals surface area (Å²) in [5, 5.41) is 4.91. The molecule has 1 aromatic heterocycles. The highest BCUT2D eigenvalue weighted by Gasteiger charge is 2.08. The van der Waals surface area contributed by atoms with E-state index < -0.39 is 0 Å². The molecule has 0 atom stereocenters. The molecule has 0 bridgehead atoms. The molecule has 0 saturated heterocycles. The smallest absolute Gasteiger partial charge is 0.181 e. The summed E-state index contributed by atoms with van der Waals surface area (Å²) >= 11 is 6.80. The van der Waals surface area contributed by atoms with Gasteiger partial charge in [0.05, 0.1) is 10.2 Å². The molecule has 0 saturated carbocycles. The van der Waals surface area contributed by atoms with Crippen molar-refractivity contribution in [1.29, 1.82) is 0 Å². The van der Waals surface area contributed by atoms with Gasteiger partial charge in [-0.05, 0) is 35.0 Å². The van der Waals surface area contributed by atoms with Crippen molar-refractivity contribution in [2.45, 2.75) is 6.92 Å². The van der Waals surface area contributed by atoms with E-state index in [0.29, 0.717) is 0 Å². The van der Waals surface area contributed by atoms with Gasteiger partial charge in [-0.2, -0.15) is 0 Å². The van der Waals surface area contributed by atoms with Crippen LogP contribution in [0.1, 0.15) is 5.69 Å². The molecule has 0 aliphatic carbocycles. The second kappa shape index (κ2) is 2.85. The molecular weight excluding hydrogens is 286 g/mol. The molecule has 4 heteroatoms. The Balaban J connectivity index is 2.92. The van der Waals surface area contributed by atoms with Gasteiger partial charge in [-0.25, -0.2) is 0 Å². The van der Waals surface area contributed by atoms with Crippen molar-refractivity contribution in [3.05, 3.63) is 26.8 Å². The van der Waals surface area contributed by atoms with E-state index in [9.17, 15) is 0 Å². The summed E-state index contributed by atoms with van der Waals surface area (Å²) in [6, 6.07) is 3.93. The van der Waals surface area contributed by atoms with Crippen LogP contribution in [0.15, 0.2) is 25.6 Å². The van der Waals surface area contributed by atoms with Crippen LogP contribution < -0.4 is 0 Å². The Bertz CT molecular complexity index is 436. The van der Waals surface area contributed by atoms with Crippen LogP contribution in [0.5, 0.6) is 0 Å². The topological polar surface area (TPSA) is 26.0 Å². The number of rotatable bonds is 0. The number of benzene rings is 1. The van der Waals surface area contributed by atoms with Crippen molar-refractivity contribution in [3.8, 4) is 0 Å². The summed E-state index contributed by atoms with van der Waals surface area (Å²) in [6.45, 7) is 1.92. The van der Waals surface area contributed by atoms with E-state index >= 15 is 0 Å². The number of aromatic nitrogens is 1. The lowest BCUT2D eigenvalue weighted by Gasteiger charge is -1.93. The third kappa shape index (κ3) is 1.19. The Morgan fingerprint density at radius 1 is 1.33 bits per heavy atom. The Labute approximate surface area is 86.2 Å². The van der Waals surface area contributed by atoms with Crippen LogP contribution in [0.25, 0.3) is 11.0 Å². The van der Waals surface area contributed by atoms with Crippen molar-refractivity contribution in [2.24, 2.45) is 0 Å². The predicted octanol–water partition coefficient (Wildman–Crippen LogP) is 3.66. The molecule has 62 valence electrons. The Kier molecular flexibility index (Phi) is 1.96. The first kappa shape index (κ1) is 8.26. The summed E-state index contributed by atoms with van der Waals surface area (Å²) in [6.07, 6.45) is 0. The number of hydrogen-bond acceptors (Lipinski definition) is 2. The standard InChI is InChI=1S/C8H5Br2NO/c1-4-6-2-5(9)3-7(10)8(6)12-11-4/h2-3H,1H3. The van der Waals surface area contributed by atoms with Crippen LogP contribution in [0.2, 0.25) is 0 Å². The largest absolute Gasteiger partial charge is 0.355 e. The molecule has 0 radical (unpaired) electrons. The van der Waals surface area contributed by atoms with Gasteiger partial charge in [-0.3, -0.25) is 0 Å². The van der Waals surface area contributed by atoms with Gasteiger partial charge in [0, 0.05) is 9.86 Å². The first-order valence-electron chi connectivity index (χ1n) is 3.39. The lowest BCUT2D eigenvalue weighted by Crippen LogP contribution is -1.72. The third-order valence-electron chi connectivity index (χ3n) is 1.67. The van der Waals surface area contributed by atoms with Crippen molar-refractivity contribution in [3.63, 3.8) is 0 Å². The second-order valence-electron chi connectivity index (χ2n) is 2.53. The van der Waals surface area contributed by atoms with Gasteiger partial charge in [-0.15, -0.1) is 0 Å². The normalized spacial score (nSPS) is 10.9. The van der Waals surface area contributed by atoms with E-state index in [1.54, 1.807) is 0 Å². The maximum atomic E-state index is 5.12. The van der Waals surface area contributed by atoms with Gasteiger partial charge < -0.3 is 4.52 Å². The number of halogens is 2. The molecule has 0 unspecified atom stereocenters. The second-order valence-corrected chi connectivity index (χ2v) is 4.30. The maximum absolute atomic E-state index is 5.12. The number of aryl methyl sites for hydroxylation is 1. The van der Waals surface area contributed by atoms with Crippen LogP contribution in [0, 0.1) is 6.92 Å². The number of hydrogen-bond donors (Lipinski definition) is 0. The highest BCUT2D eigenvalue weighted by molar-refractivity contribution is 9.11. The monoisotopic (exact) mass is 289 g/mol. The summed E-state index contributed by atoms with van der Waals surface area (Å²) in [4.78, 5) is 0. The molecule has 2 rings (SSSR count). The Morgan fingerprint density at radius 2 is 2.08 bits per heavy atom. The SMILES string of the molecule is Cc1noc2c(Br)cc(Br)cc12. The molecule has 0 spiro atoms. The van der Waals surface area contributed by atoms with Gasteiger partial charge >= 0.3 is 0 Å². The van der Waals surface area contributed by atoms with Crippen molar-refractivity contribution in [2.75, 3.05) is 0 Å². The Morgan fingerprint density at radius 3 is 2.83 bits per heavy atom. The average molecular weight is 291 g/mol. The van der Waals surface area contributed by atoms with E-state index in [1.807, 2.05) is 19.1 Å². The van der Waals surface area contributed by atoms with E-state index in [1.165, 1.54) is 0 Å². The highest BCUT2D eigenvalue weighted by Crippen LogP contribution is 2.29. The van der Waals surface area contributed by atoms with Gasteiger partial charge in [0.1, 0.15) is 0 Å². The predicted molar refractivity (Wildman–Crippen MR) is 54.1 cm³/mol. The minimum Gasteiger partial charge on any atom is -0.355 e. The zero-order chi connectivity index (χ0) is 8.72. The fourth-order valence-corrected chi connectivity index (χ4v) is 2.38. The van der Waals surface area contributed by atoms with Crippen molar-refractivity contribution in [1.82, 2.24) is 5.16 Å². The molecule has 12 heavy (non-hydrogen) atoms. The molecule has 0 fully saturated rings. The van der Waals surface area contributed by atoms with Crippen LogP contribution in [0.4, 0.5) is 0 Å². The van der Waals surface area contributed by atoms with E-state index in [-0.39, 0.29) is 0 Å². The first-order valence-corrected chi connectivity index (χ1v) is 4.98. The minimum absolute atomic E-state index is 0.802. The van der Waals surface area contributed by atoms with Gasteiger partial charge in [0.2, 0.25) is 0 Å². The lowest BCUT2D eigenvalue weighted by molar-refractivity contribution is 0.449. The maximum Gasteiger partial charge on any atom is 0.181 e. The van der Waals surface area contributed by atoms with Gasteiger partial charge in [0.25, 0.3) is 0 Å². The number of fused-ring (bicyclic) bond motifs is 1. The molecule has 0 amide bonds. The lowest BCUT2D eigenvalue weighted by atomic mass is 10.2.